The number of benzene rings is 1. The van der Waals surface area contributed by atoms with Crippen molar-refractivity contribution in [2.45, 2.75) is 32.9 Å². The molecule has 106 valence electrons. The zero-order chi connectivity index (χ0) is 14.2. The first kappa shape index (κ1) is 14.5. The second-order valence-electron chi connectivity index (χ2n) is 5.15. The van der Waals surface area contributed by atoms with Crippen LogP contribution < -0.4 is 10.1 Å². The average Bonchev–Trinajstić information content (AvgIpc) is 2.47. The van der Waals surface area contributed by atoms with E-state index in [0.29, 0.717) is 12.6 Å². The van der Waals surface area contributed by atoms with Gasteiger partial charge in [0.15, 0.2) is 0 Å². The van der Waals surface area contributed by atoms with Gasteiger partial charge in [0.25, 0.3) is 0 Å². The predicted molar refractivity (Wildman–Crippen MR) is 81.9 cm³/mol. The molecule has 3 nitrogen and oxygen atoms in total. The highest BCUT2D eigenvalue weighted by Gasteiger charge is 1.98. The van der Waals surface area contributed by atoms with E-state index in [1.807, 2.05) is 12.1 Å². The second kappa shape index (κ2) is 7.65. The molecule has 0 spiro atoms. The highest BCUT2D eigenvalue weighted by atomic mass is 16.5. The normalized spacial score (nSPS) is 10.8. The SMILES string of the molecule is CC(C)NCCc1ccc(COc2cccnc2)cc1. The molecule has 0 atom stereocenters. The largest absolute Gasteiger partial charge is 0.487 e. The Kier molecular flexibility index (Phi) is 5.56. The van der Waals surface area contributed by atoms with Crippen LogP contribution >= 0.6 is 0 Å². The number of hydrogen-bond acceptors (Lipinski definition) is 3. The summed E-state index contributed by atoms with van der Waals surface area (Å²) < 4.78 is 5.67. The lowest BCUT2D eigenvalue weighted by Crippen LogP contribution is -2.24. The minimum atomic E-state index is 0.544. The van der Waals surface area contributed by atoms with Crippen molar-refractivity contribution in [2.75, 3.05) is 6.54 Å². The van der Waals surface area contributed by atoms with Crippen LogP contribution in [0.4, 0.5) is 0 Å². The van der Waals surface area contributed by atoms with Gasteiger partial charge in [-0.25, -0.2) is 0 Å². The molecule has 2 aromatic rings. The summed E-state index contributed by atoms with van der Waals surface area (Å²) in [6.07, 6.45) is 4.53. The van der Waals surface area contributed by atoms with Crippen LogP contribution in [0.1, 0.15) is 25.0 Å². The molecular formula is C17H22N2O. The van der Waals surface area contributed by atoms with Crippen molar-refractivity contribution in [3.8, 4) is 5.75 Å². The van der Waals surface area contributed by atoms with E-state index in [2.05, 4.69) is 48.4 Å². The molecule has 0 bridgehead atoms. The van der Waals surface area contributed by atoms with Gasteiger partial charge in [-0.1, -0.05) is 38.1 Å². The van der Waals surface area contributed by atoms with E-state index in [9.17, 15) is 0 Å². The number of hydrogen-bond donors (Lipinski definition) is 1. The van der Waals surface area contributed by atoms with Gasteiger partial charge in [-0.15, -0.1) is 0 Å². The van der Waals surface area contributed by atoms with Crippen LogP contribution in [0, 0.1) is 0 Å². The van der Waals surface area contributed by atoms with Crippen LogP contribution in [0.2, 0.25) is 0 Å². The molecule has 0 unspecified atom stereocenters. The summed E-state index contributed by atoms with van der Waals surface area (Å²) in [7, 11) is 0. The van der Waals surface area contributed by atoms with Crippen molar-refractivity contribution in [2.24, 2.45) is 0 Å². The summed E-state index contributed by atoms with van der Waals surface area (Å²) in [6, 6.07) is 12.9. The molecule has 0 fully saturated rings. The molecule has 2 rings (SSSR count). The van der Waals surface area contributed by atoms with E-state index in [0.717, 1.165) is 18.7 Å². The van der Waals surface area contributed by atoms with Crippen molar-refractivity contribution in [3.63, 3.8) is 0 Å². The number of nitrogens with zero attached hydrogens (tertiary/aromatic N) is 1. The lowest BCUT2D eigenvalue weighted by molar-refractivity contribution is 0.305. The van der Waals surface area contributed by atoms with Gasteiger partial charge in [-0.2, -0.15) is 0 Å². The van der Waals surface area contributed by atoms with Gasteiger partial charge in [0, 0.05) is 12.2 Å². The number of nitrogens with one attached hydrogen (secondary N) is 1. The van der Waals surface area contributed by atoms with Crippen LogP contribution in [0.5, 0.6) is 5.75 Å². The highest BCUT2D eigenvalue weighted by Crippen LogP contribution is 2.11. The molecule has 0 radical (unpaired) electrons. The summed E-state index contributed by atoms with van der Waals surface area (Å²) >= 11 is 0. The van der Waals surface area contributed by atoms with Gasteiger partial charge in [0.2, 0.25) is 0 Å². The van der Waals surface area contributed by atoms with Gasteiger partial charge in [-0.05, 0) is 36.2 Å². The molecular weight excluding hydrogens is 248 g/mol. The summed E-state index contributed by atoms with van der Waals surface area (Å²) in [4.78, 5) is 4.03. The molecule has 3 heteroatoms. The van der Waals surface area contributed by atoms with E-state index in [1.165, 1.54) is 11.1 Å². The molecule has 1 aromatic carbocycles. The zero-order valence-electron chi connectivity index (χ0n) is 12.2. The first-order chi connectivity index (χ1) is 9.74. The van der Waals surface area contributed by atoms with E-state index < -0.39 is 0 Å². The Bertz CT molecular complexity index is 494. The van der Waals surface area contributed by atoms with Gasteiger partial charge < -0.3 is 10.1 Å². The van der Waals surface area contributed by atoms with Crippen molar-refractivity contribution in [1.82, 2.24) is 10.3 Å². The fraction of sp³-hybridized carbons (Fsp3) is 0.353. The molecule has 1 aromatic heterocycles. The Morgan fingerprint density at radius 1 is 1.10 bits per heavy atom. The fourth-order valence-electron chi connectivity index (χ4n) is 1.91. The summed E-state index contributed by atoms with van der Waals surface area (Å²) in [5.74, 6) is 0.803. The summed E-state index contributed by atoms with van der Waals surface area (Å²) in [5, 5.41) is 3.42. The van der Waals surface area contributed by atoms with E-state index in [4.69, 9.17) is 4.74 Å². The predicted octanol–water partition coefficient (Wildman–Crippen LogP) is 3.20. The van der Waals surface area contributed by atoms with Crippen LogP contribution in [0.25, 0.3) is 0 Å². The first-order valence-electron chi connectivity index (χ1n) is 7.08. The van der Waals surface area contributed by atoms with Crippen LogP contribution in [0.3, 0.4) is 0 Å². The molecule has 20 heavy (non-hydrogen) atoms. The van der Waals surface area contributed by atoms with Gasteiger partial charge >= 0.3 is 0 Å². The standard InChI is InChI=1S/C17H22N2O/c1-14(2)19-11-9-15-5-7-16(8-6-15)13-20-17-4-3-10-18-12-17/h3-8,10,12,14,19H,9,11,13H2,1-2H3. The van der Waals surface area contributed by atoms with Gasteiger partial charge in [0.05, 0.1) is 6.20 Å². The third-order valence-electron chi connectivity index (χ3n) is 3.03. The summed E-state index contributed by atoms with van der Waals surface area (Å²) in [6.45, 7) is 5.93. The maximum absolute atomic E-state index is 5.67. The average molecular weight is 270 g/mol. The lowest BCUT2D eigenvalue weighted by atomic mass is 10.1. The first-order valence-corrected chi connectivity index (χ1v) is 7.08. The third-order valence-corrected chi connectivity index (χ3v) is 3.03. The summed E-state index contributed by atoms with van der Waals surface area (Å²) in [5.41, 5.74) is 2.53. The molecule has 0 aliphatic rings. The molecule has 0 aliphatic heterocycles. The zero-order valence-corrected chi connectivity index (χ0v) is 12.2. The van der Waals surface area contributed by atoms with Crippen LogP contribution in [0.15, 0.2) is 48.8 Å². The number of ether oxygens (including phenoxy) is 1. The minimum absolute atomic E-state index is 0.544. The number of aromatic nitrogens is 1. The van der Waals surface area contributed by atoms with E-state index >= 15 is 0 Å². The van der Waals surface area contributed by atoms with E-state index in [-0.39, 0.29) is 0 Å². The van der Waals surface area contributed by atoms with Gasteiger partial charge in [-0.3, -0.25) is 4.98 Å². The van der Waals surface area contributed by atoms with Crippen molar-refractivity contribution >= 4 is 0 Å². The number of rotatable bonds is 7. The second-order valence-corrected chi connectivity index (χ2v) is 5.15. The maximum Gasteiger partial charge on any atom is 0.138 e. The highest BCUT2D eigenvalue weighted by molar-refractivity contribution is 5.23. The monoisotopic (exact) mass is 270 g/mol. The topological polar surface area (TPSA) is 34.1 Å². The number of pyridine rings is 1. The third kappa shape index (κ3) is 5.02. The van der Waals surface area contributed by atoms with Crippen molar-refractivity contribution in [1.29, 1.82) is 0 Å². The van der Waals surface area contributed by atoms with Gasteiger partial charge in [0.1, 0.15) is 12.4 Å². The van der Waals surface area contributed by atoms with Crippen LogP contribution in [-0.4, -0.2) is 17.6 Å². The van der Waals surface area contributed by atoms with E-state index in [1.54, 1.807) is 12.4 Å². The molecule has 1 heterocycles. The smallest absolute Gasteiger partial charge is 0.138 e. The molecule has 0 saturated heterocycles. The molecule has 0 saturated carbocycles. The Hall–Kier alpha value is -1.87. The molecule has 0 amide bonds. The Balaban J connectivity index is 1.79. The van der Waals surface area contributed by atoms with Crippen molar-refractivity contribution < 1.29 is 4.74 Å². The maximum atomic E-state index is 5.67. The minimum Gasteiger partial charge on any atom is -0.487 e. The molecule has 0 aliphatic carbocycles. The lowest BCUT2D eigenvalue weighted by Gasteiger charge is -2.09. The molecule has 1 N–H and O–H groups in total. The quantitative estimate of drug-likeness (QED) is 0.839. The van der Waals surface area contributed by atoms with Crippen molar-refractivity contribution in [3.05, 3.63) is 59.9 Å². The Morgan fingerprint density at radius 3 is 2.50 bits per heavy atom. The Morgan fingerprint density at radius 2 is 1.85 bits per heavy atom. The fourth-order valence-corrected chi connectivity index (χ4v) is 1.91. The Labute approximate surface area is 121 Å². The van der Waals surface area contributed by atoms with Crippen LogP contribution in [-0.2, 0) is 13.0 Å².